The third kappa shape index (κ3) is 2.11. The van der Waals surface area contributed by atoms with Crippen molar-refractivity contribution in [3.63, 3.8) is 0 Å². The summed E-state index contributed by atoms with van der Waals surface area (Å²) in [5, 5.41) is 3.56. The maximum absolute atomic E-state index is 6.13. The quantitative estimate of drug-likeness (QED) is 0.855. The van der Waals surface area contributed by atoms with Gasteiger partial charge in [0.1, 0.15) is 11.4 Å². The highest BCUT2D eigenvalue weighted by molar-refractivity contribution is 9.10. The first-order chi connectivity index (χ1) is 8.05. The molecule has 0 aromatic heterocycles. The van der Waals surface area contributed by atoms with E-state index in [0.29, 0.717) is 6.04 Å². The molecule has 1 atom stereocenters. The number of ether oxygens (including phenoxy) is 1. The summed E-state index contributed by atoms with van der Waals surface area (Å²) in [5.74, 6) is 1.12. The van der Waals surface area contributed by atoms with Crippen LogP contribution in [-0.4, -0.2) is 12.1 Å². The van der Waals surface area contributed by atoms with Crippen molar-refractivity contribution in [2.75, 3.05) is 6.54 Å². The van der Waals surface area contributed by atoms with Gasteiger partial charge in [-0.05, 0) is 50.9 Å². The summed E-state index contributed by atoms with van der Waals surface area (Å²) in [7, 11) is 0. The minimum absolute atomic E-state index is 0.0590. The Labute approximate surface area is 111 Å². The van der Waals surface area contributed by atoms with Gasteiger partial charge in [0, 0.05) is 22.5 Å². The summed E-state index contributed by atoms with van der Waals surface area (Å²) in [5.41, 5.74) is 2.61. The van der Waals surface area contributed by atoms with Crippen LogP contribution in [0.4, 0.5) is 0 Å². The second-order valence-electron chi connectivity index (χ2n) is 5.67. The second kappa shape index (κ2) is 3.99. The molecule has 0 aliphatic carbocycles. The lowest BCUT2D eigenvalue weighted by Crippen LogP contribution is -2.25. The van der Waals surface area contributed by atoms with Crippen LogP contribution in [0, 0.1) is 0 Å². The summed E-state index contributed by atoms with van der Waals surface area (Å²) in [6, 6.07) is 4.88. The Hall–Kier alpha value is -0.540. The van der Waals surface area contributed by atoms with E-state index in [9.17, 15) is 0 Å². The molecule has 2 nitrogen and oxygen atoms in total. The van der Waals surface area contributed by atoms with Gasteiger partial charge < -0.3 is 10.1 Å². The van der Waals surface area contributed by atoms with Gasteiger partial charge in [-0.15, -0.1) is 0 Å². The van der Waals surface area contributed by atoms with E-state index in [1.807, 2.05) is 0 Å². The fraction of sp³-hybridized carbons (Fsp3) is 0.571. The number of fused-ring (bicyclic) bond motifs is 1. The summed E-state index contributed by atoms with van der Waals surface area (Å²) in [4.78, 5) is 0. The third-order valence-corrected chi connectivity index (χ3v) is 4.05. The van der Waals surface area contributed by atoms with Crippen molar-refractivity contribution in [2.45, 2.75) is 44.8 Å². The van der Waals surface area contributed by atoms with Crippen molar-refractivity contribution in [1.82, 2.24) is 5.32 Å². The minimum Gasteiger partial charge on any atom is -0.487 e. The fourth-order valence-corrected chi connectivity index (χ4v) is 3.43. The van der Waals surface area contributed by atoms with Gasteiger partial charge in [0.25, 0.3) is 0 Å². The van der Waals surface area contributed by atoms with Crippen LogP contribution in [0.2, 0.25) is 0 Å². The first-order valence-electron chi connectivity index (χ1n) is 6.30. The van der Waals surface area contributed by atoms with Gasteiger partial charge in [0.05, 0.1) is 0 Å². The highest BCUT2D eigenvalue weighted by Gasteiger charge is 2.34. The van der Waals surface area contributed by atoms with Crippen LogP contribution in [0.5, 0.6) is 5.75 Å². The Balaban J connectivity index is 2.05. The molecular formula is C14H18BrNO. The van der Waals surface area contributed by atoms with Gasteiger partial charge in [-0.3, -0.25) is 0 Å². The van der Waals surface area contributed by atoms with Crippen LogP contribution < -0.4 is 10.1 Å². The van der Waals surface area contributed by atoms with Crippen molar-refractivity contribution in [1.29, 1.82) is 0 Å². The maximum atomic E-state index is 6.13. The van der Waals surface area contributed by atoms with E-state index in [1.54, 1.807) is 0 Å². The van der Waals surface area contributed by atoms with Crippen LogP contribution >= 0.6 is 15.9 Å². The lowest BCUT2D eigenvalue weighted by molar-refractivity contribution is 0.136. The van der Waals surface area contributed by atoms with Crippen LogP contribution in [-0.2, 0) is 6.42 Å². The number of benzene rings is 1. The highest BCUT2D eigenvalue weighted by atomic mass is 79.9. The monoisotopic (exact) mass is 295 g/mol. The molecule has 17 heavy (non-hydrogen) atoms. The van der Waals surface area contributed by atoms with E-state index in [0.717, 1.165) is 18.7 Å². The molecule has 1 fully saturated rings. The zero-order valence-electron chi connectivity index (χ0n) is 10.3. The first-order valence-corrected chi connectivity index (χ1v) is 7.09. The van der Waals surface area contributed by atoms with E-state index in [4.69, 9.17) is 4.74 Å². The zero-order chi connectivity index (χ0) is 12.0. The molecule has 2 aliphatic heterocycles. The number of halogens is 1. The Kier molecular flexibility index (Phi) is 2.71. The lowest BCUT2D eigenvalue weighted by atomic mass is 9.97. The Bertz CT molecular complexity index is 450. The summed E-state index contributed by atoms with van der Waals surface area (Å²) < 4.78 is 7.30. The minimum atomic E-state index is -0.0590. The average Bonchev–Trinajstić information content (AvgIpc) is 2.81. The van der Waals surface area contributed by atoms with Gasteiger partial charge in [0.2, 0.25) is 0 Å². The SMILES string of the molecule is CC1(C)Cc2cc(Br)cc(C3CCCN3)c2O1. The van der Waals surface area contributed by atoms with Crippen molar-refractivity contribution in [3.05, 3.63) is 27.7 Å². The smallest absolute Gasteiger partial charge is 0.128 e. The molecule has 0 bridgehead atoms. The van der Waals surface area contributed by atoms with E-state index in [1.165, 1.54) is 28.4 Å². The fourth-order valence-electron chi connectivity index (χ4n) is 2.91. The zero-order valence-corrected chi connectivity index (χ0v) is 11.9. The molecule has 3 rings (SSSR count). The van der Waals surface area contributed by atoms with Crippen molar-refractivity contribution >= 4 is 15.9 Å². The van der Waals surface area contributed by atoms with Crippen molar-refractivity contribution < 1.29 is 4.74 Å². The predicted molar refractivity (Wildman–Crippen MR) is 72.5 cm³/mol. The molecular weight excluding hydrogens is 278 g/mol. The molecule has 0 amide bonds. The second-order valence-corrected chi connectivity index (χ2v) is 6.59. The Morgan fingerprint density at radius 1 is 1.41 bits per heavy atom. The molecule has 2 aliphatic rings. The number of rotatable bonds is 1. The van der Waals surface area contributed by atoms with Crippen LogP contribution in [0.15, 0.2) is 16.6 Å². The number of nitrogens with one attached hydrogen (secondary N) is 1. The molecule has 1 N–H and O–H groups in total. The molecule has 3 heteroatoms. The average molecular weight is 296 g/mol. The Morgan fingerprint density at radius 3 is 2.94 bits per heavy atom. The first kappa shape index (κ1) is 11.5. The van der Waals surface area contributed by atoms with Crippen molar-refractivity contribution in [2.24, 2.45) is 0 Å². The van der Waals surface area contributed by atoms with Crippen LogP contribution in [0.25, 0.3) is 0 Å². The summed E-state index contributed by atoms with van der Waals surface area (Å²) >= 11 is 3.62. The Morgan fingerprint density at radius 2 is 2.24 bits per heavy atom. The highest BCUT2D eigenvalue weighted by Crippen LogP contribution is 2.43. The molecule has 0 spiro atoms. The van der Waals surface area contributed by atoms with Gasteiger partial charge in [-0.1, -0.05) is 15.9 Å². The van der Waals surface area contributed by atoms with Gasteiger partial charge in [-0.25, -0.2) is 0 Å². The third-order valence-electron chi connectivity index (χ3n) is 3.59. The summed E-state index contributed by atoms with van der Waals surface area (Å²) in [6.07, 6.45) is 3.48. The topological polar surface area (TPSA) is 21.3 Å². The van der Waals surface area contributed by atoms with Gasteiger partial charge in [-0.2, -0.15) is 0 Å². The molecule has 0 radical (unpaired) electrons. The van der Waals surface area contributed by atoms with E-state index >= 15 is 0 Å². The molecule has 1 unspecified atom stereocenters. The normalized spacial score (nSPS) is 25.7. The summed E-state index contributed by atoms with van der Waals surface area (Å²) in [6.45, 7) is 5.44. The molecule has 0 saturated carbocycles. The maximum Gasteiger partial charge on any atom is 0.128 e. The largest absolute Gasteiger partial charge is 0.487 e. The van der Waals surface area contributed by atoms with Gasteiger partial charge in [0.15, 0.2) is 0 Å². The molecule has 2 heterocycles. The number of hydrogen-bond acceptors (Lipinski definition) is 2. The molecule has 92 valence electrons. The number of hydrogen-bond donors (Lipinski definition) is 1. The van der Waals surface area contributed by atoms with E-state index in [2.05, 4.69) is 47.2 Å². The van der Waals surface area contributed by atoms with Gasteiger partial charge >= 0.3 is 0 Å². The molecule has 1 aromatic carbocycles. The molecule has 1 aromatic rings. The lowest BCUT2D eigenvalue weighted by Gasteiger charge is -2.20. The van der Waals surface area contributed by atoms with E-state index < -0.39 is 0 Å². The van der Waals surface area contributed by atoms with E-state index in [-0.39, 0.29) is 5.60 Å². The van der Waals surface area contributed by atoms with Crippen molar-refractivity contribution in [3.8, 4) is 5.75 Å². The van der Waals surface area contributed by atoms with Crippen LogP contribution in [0.1, 0.15) is 43.9 Å². The predicted octanol–water partition coefficient (Wildman–Crippen LogP) is 3.59. The van der Waals surface area contributed by atoms with Crippen LogP contribution in [0.3, 0.4) is 0 Å². The standard InChI is InChI=1S/C14H18BrNO/c1-14(2)8-9-6-10(15)7-11(13(9)17-14)12-4-3-5-16-12/h6-7,12,16H,3-5,8H2,1-2H3. The molecule has 1 saturated heterocycles.